The average molecular weight is 409 g/mol. The summed E-state index contributed by atoms with van der Waals surface area (Å²) in [4.78, 5) is 14.4. The van der Waals surface area contributed by atoms with Crippen molar-refractivity contribution in [2.75, 3.05) is 26.2 Å². The molecule has 0 aliphatic carbocycles. The molecule has 1 aliphatic rings. The highest BCUT2D eigenvalue weighted by Crippen LogP contribution is 2.28. The van der Waals surface area contributed by atoms with E-state index in [4.69, 9.17) is 27.9 Å². The average Bonchev–Trinajstić information content (AvgIpc) is 2.66. The number of hydrogen-bond acceptors (Lipinski definition) is 4. The Labute approximate surface area is 168 Å². The minimum absolute atomic E-state index is 0.0895. The van der Waals surface area contributed by atoms with E-state index in [1.54, 1.807) is 30.3 Å². The van der Waals surface area contributed by atoms with Crippen molar-refractivity contribution in [3.05, 3.63) is 58.1 Å². The van der Waals surface area contributed by atoms with Crippen LogP contribution in [0, 0.1) is 0 Å². The van der Waals surface area contributed by atoms with Crippen LogP contribution in [-0.4, -0.2) is 48.2 Å². The fraction of sp³-hybridized carbons (Fsp3) is 0.350. The molecule has 144 valence electrons. The van der Waals surface area contributed by atoms with Gasteiger partial charge in [0.15, 0.2) is 0 Å². The monoisotopic (exact) mass is 408 g/mol. The Kier molecular flexibility index (Phi) is 6.83. The summed E-state index contributed by atoms with van der Waals surface area (Å²) in [6.07, 6.45) is 1.99. The van der Waals surface area contributed by atoms with Crippen molar-refractivity contribution >= 4 is 29.1 Å². The molecule has 3 rings (SSSR count). The fourth-order valence-corrected chi connectivity index (χ4v) is 3.36. The van der Waals surface area contributed by atoms with Gasteiger partial charge in [-0.25, -0.2) is 0 Å². The number of hydrogen-bond donors (Lipinski definition) is 2. The second kappa shape index (κ2) is 9.31. The van der Waals surface area contributed by atoms with Crippen molar-refractivity contribution in [1.82, 2.24) is 10.2 Å². The van der Waals surface area contributed by atoms with Gasteiger partial charge in [-0.15, -0.1) is 0 Å². The van der Waals surface area contributed by atoms with Crippen molar-refractivity contribution < 1.29 is 14.6 Å². The summed E-state index contributed by atoms with van der Waals surface area (Å²) in [6.45, 7) is 3.17. The number of piperidine rings is 1. The molecule has 1 fully saturated rings. The van der Waals surface area contributed by atoms with E-state index in [2.05, 4.69) is 10.2 Å². The zero-order valence-electron chi connectivity index (χ0n) is 14.8. The third kappa shape index (κ3) is 5.76. The predicted molar refractivity (Wildman–Crippen MR) is 107 cm³/mol. The van der Waals surface area contributed by atoms with Crippen molar-refractivity contribution in [3.8, 4) is 11.5 Å². The van der Waals surface area contributed by atoms with Gasteiger partial charge in [-0.05, 0) is 43.2 Å². The maximum atomic E-state index is 12.1. The molecule has 0 unspecified atom stereocenters. The molecule has 0 radical (unpaired) electrons. The van der Waals surface area contributed by atoms with Gasteiger partial charge in [0.25, 0.3) is 5.91 Å². The number of nitrogens with one attached hydrogen (secondary N) is 1. The molecule has 2 aromatic rings. The lowest BCUT2D eigenvalue weighted by atomic mass is 10.1. The zero-order chi connectivity index (χ0) is 19.2. The van der Waals surface area contributed by atoms with E-state index in [0.29, 0.717) is 22.2 Å². The third-order valence-electron chi connectivity index (χ3n) is 4.55. The molecule has 0 aromatic heterocycles. The first kappa shape index (κ1) is 19.8. The van der Waals surface area contributed by atoms with Crippen molar-refractivity contribution in [2.24, 2.45) is 0 Å². The Morgan fingerprint density at radius 3 is 2.63 bits per heavy atom. The summed E-state index contributed by atoms with van der Waals surface area (Å²) in [5.74, 6) is 0.650. The Balaban J connectivity index is 1.38. The van der Waals surface area contributed by atoms with Crippen molar-refractivity contribution in [2.45, 2.75) is 18.9 Å². The first-order valence-electron chi connectivity index (χ1n) is 8.92. The van der Waals surface area contributed by atoms with Gasteiger partial charge in [0.05, 0.1) is 10.0 Å². The molecule has 5 nitrogen and oxygen atoms in total. The molecular weight excluding hydrogens is 387 g/mol. The van der Waals surface area contributed by atoms with Gasteiger partial charge >= 0.3 is 0 Å². The number of phenolic OH excluding ortho intramolecular Hbond substituents is 1. The van der Waals surface area contributed by atoms with E-state index < -0.39 is 0 Å². The van der Waals surface area contributed by atoms with Crippen LogP contribution < -0.4 is 10.1 Å². The zero-order valence-corrected chi connectivity index (χ0v) is 16.3. The van der Waals surface area contributed by atoms with Crippen LogP contribution in [0.15, 0.2) is 42.5 Å². The molecule has 0 bridgehead atoms. The van der Waals surface area contributed by atoms with Crippen molar-refractivity contribution in [3.63, 3.8) is 0 Å². The molecule has 2 aromatic carbocycles. The maximum absolute atomic E-state index is 12.1. The van der Waals surface area contributed by atoms with E-state index >= 15 is 0 Å². The summed E-state index contributed by atoms with van der Waals surface area (Å²) < 4.78 is 5.99. The first-order valence-corrected chi connectivity index (χ1v) is 9.68. The number of halogens is 2. The highest BCUT2D eigenvalue weighted by atomic mass is 35.5. The van der Waals surface area contributed by atoms with Crippen LogP contribution in [-0.2, 0) is 0 Å². The second-order valence-electron chi connectivity index (χ2n) is 6.54. The second-order valence-corrected chi connectivity index (χ2v) is 7.36. The third-order valence-corrected chi connectivity index (χ3v) is 5.29. The predicted octanol–water partition coefficient (Wildman–Crippen LogP) is 3.97. The maximum Gasteiger partial charge on any atom is 0.251 e. The van der Waals surface area contributed by atoms with Crippen LogP contribution in [0.1, 0.15) is 23.2 Å². The van der Waals surface area contributed by atoms with E-state index in [1.807, 2.05) is 6.07 Å². The van der Waals surface area contributed by atoms with E-state index in [9.17, 15) is 9.90 Å². The highest BCUT2D eigenvalue weighted by Gasteiger charge is 2.20. The van der Waals surface area contributed by atoms with E-state index in [-0.39, 0.29) is 17.8 Å². The van der Waals surface area contributed by atoms with Crippen LogP contribution in [0.5, 0.6) is 11.5 Å². The molecule has 1 amide bonds. The summed E-state index contributed by atoms with van der Waals surface area (Å²) in [5.41, 5.74) is 0.462. The fourth-order valence-electron chi connectivity index (χ4n) is 3.07. The number of likely N-dealkylation sites (tertiary alicyclic amines) is 1. The lowest BCUT2D eigenvalue weighted by Gasteiger charge is -2.32. The summed E-state index contributed by atoms with van der Waals surface area (Å²) in [7, 11) is 0. The van der Waals surface area contributed by atoms with Crippen LogP contribution >= 0.6 is 23.2 Å². The van der Waals surface area contributed by atoms with Crippen LogP contribution in [0.2, 0.25) is 10.0 Å². The van der Waals surface area contributed by atoms with Crippen LogP contribution in [0.4, 0.5) is 0 Å². The lowest BCUT2D eigenvalue weighted by molar-refractivity contribution is 0.0905. The Morgan fingerprint density at radius 2 is 1.93 bits per heavy atom. The number of aromatic hydroxyl groups is 1. The van der Waals surface area contributed by atoms with Gasteiger partial charge in [-0.2, -0.15) is 0 Å². The number of carbonyl (C=O) groups excluding carboxylic acids is 1. The molecule has 7 heteroatoms. The lowest BCUT2D eigenvalue weighted by Crippen LogP contribution is -2.42. The van der Waals surface area contributed by atoms with Gasteiger partial charge < -0.3 is 20.1 Å². The van der Waals surface area contributed by atoms with Gasteiger partial charge in [0, 0.05) is 37.8 Å². The molecule has 0 atom stereocenters. The molecule has 0 saturated carbocycles. The number of phenols is 1. The quantitative estimate of drug-likeness (QED) is 0.758. The molecule has 2 N–H and O–H groups in total. The molecule has 1 heterocycles. The number of carbonyl (C=O) groups is 1. The van der Waals surface area contributed by atoms with E-state index in [1.165, 1.54) is 6.07 Å². The Bertz CT molecular complexity index is 793. The standard InChI is InChI=1S/C20H22Cl2N2O3/c21-18-5-4-17(13-19(18)22)27-16-6-9-24(10-7-16)11-8-23-20(26)14-2-1-3-15(25)12-14/h1-5,12-13,16,25H,6-11H2,(H,23,26). The van der Waals surface area contributed by atoms with Gasteiger partial charge in [-0.3, -0.25) is 4.79 Å². The number of benzene rings is 2. The van der Waals surface area contributed by atoms with Gasteiger partial charge in [-0.1, -0.05) is 29.3 Å². The normalized spacial score (nSPS) is 15.5. The van der Waals surface area contributed by atoms with Crippen LogP contribution in [0.25, 0.3) is 0 Å². The summed E-state index contributed by atoms with van der Waals surface area (Å²) in [5, 5.41) is 13.3. The number of amides is 1. The Hall–Kier alpha value is -1.95. The van der Waals surface area contributed by atoms with E-state index in [0.717, 1.165) is 38.2 Å². The largest absolute Gasteiger partial charge is 0.508 e. The SMILES string of the molecule is O=C(NCCN1CCC(Oc2ccc(Cl)c(Cl)c2)CC1)c1cccc(O)c1. The molecule has 1 aliphatic heterocycles. The van der Waals surface area contributed by atoms with Gasteiger partial charge in [0.1, 0.15) is 17.6 Å². The Morgan fingerprint density at radius 1 is 1.15 bits per heavy atom. The first-order chi connectivity index (χ1) is 13.0. The highest BCUT2D eigenvalue weighted by molar-refractivity contribution is 6.42. The summed E-state index contributed by atoms with van der Waals surface area (Å²) in [6, 6.07) is 11.7. The van der Waals surface area contributed by atoms with Crippen LogP contribution in [0.3, 0.4) is 0 Å². The molecular formula is C20H22Cl2N2O3. The molecule has 1 saturated heterocycles. The smallest absolute Gasteiger partial charge is 0.251 e. The number of nitrogens with zero attached hydrogens (tertiary/aromatic N) is 1. The molecule has 27 heavy (non-hydrogen) atoms. The molecule has 0 spiro atoms. The van der Waals surface area contributed by atoms with Crippen molar-refractivity contribution in [1.29, 1.82) is 0 Å². The number of rotatable bonds is 6. The minimum Gasteiger partial charge on any atom is -0.508 e. The van der Waals surface area contributed by atoms with Gasteiger partial charge in [0.2, 0.25) is 0 Å². The minimum atomic E-state index is -0.177. The topological polar surface area (TPSA) is 61.8 Å². The summed E-state index contributed by atoms with van der Waals surface area (Å²) >= 11 is 11.9. The number of ether oxygens (including phenoxy) is 1.